The van der Waals surface area contributed by atoms with Crippen LogP contribution < -0.4 is 14.9 Å². The highest BCUT2D eigenvalue weighted by Crippen LogP contribution is 2.25. The fourth-order valence-electron chi connectivity index (χ4n) is 3.47. The van der Waals surface area contributed by atoms with Crippen molar-refractivity contribution in [2.75, 3.05) is 22.7 Å². The van der Waals surface area contributed by atoms with Gasteiger partial charge in [0.05, 0.1) is 14.9 Å². The largest absolute Gasteiger partial charge is 0.371 e. The first kappa shape index (κ1) is 22.8. The maximum absolute atomic E-state index is 12.5. The number of carbonyl (C=O) groups excluding carboxylic acids is 1. The molecule has 7 nitrogen and oxygen atoms in total. The highest BCUT2D eigenvalue weighted by molar-refractivity contribution is 7.93. The van der Waals surface area contributed by atoms with Gasteiger partial charge in [0.2, 0.25) is 0 Å². The van der Waals surface area contributed by atoms with Crippen LogP contribution >= 0.6 is 34.5 Å². The van der Waals surface area contributed by atoms with Crippen molar-refractivity contribution in [1.29, 1.82) is 0 Å². The third kappa shape index (κ3) is 5.35. The zero-order valence-corrected chi connectivity index (χ0v) is 19.9. The van der Waals surface area contributed by atoms with Gasteiger partial charge in [0.15, 0.2) is 5.13 Å². The molecule has 2 N–H and O–H groups in total. The van der Waals surface area contributed by atoms with E-state index in [4.69, 9.17) is 23.2 Å². The van der Waals surface area contributed by atoms with Gasteiger partial charge < -0.3 is 10.2 Å². The van der Waals surface area contributed by atoms with Crippen LogP contribution in [0.2, 0.25) is 10.0 Å². The number of nitrogens with one attached hydrogen (secondary N) is 2. The van der Waals surface area contributed by atoms with E-state index in [-0.39, 0.29) is 19.7 Å². The first-order chi connectivity index (χ1) is 15.3. The number of aromatic nitrogens is 1. The van der Waals surface area contributed by atoms with Crippen molar-refractivity contribution in [1.82, 2.24) is 10.3 Å². The van der Waals surface area contributed by atoms with Crippen molar-refractivity contribution >= 4 is 61.3 Å². The van der Waals surface area contributed by atoms with Gasteiger partial charge in [0.1, 0.15) is 0 Å². The third-order valence-electron chi connectivity index (χ3n) is 5.18. The highest BCUT2D eigenvalue weighted by Gasteiger charge is 2.22. The fourth-order valence-corrected chi connectivity index (χ4v) is 5.56. The summed E-state index contributed by atoms with van der Waals surface area (Å²) in [6.07, 6.45) is 3.10. The minimum Gasteiger partial charge on any atom is -0.371 e. The number of hydrogen-bond acceptors (Lipinski definition) is 6. The van der Waals surface area contributed by atoms with Crippen LogP contribution in [0.3, 0.4) is 0 Å². The number of anilines is 2. The number of thiazole rings is 1. The lowest BCUT2D eigenvalue weighted by Gasteiger charge is -2.34. The van der Waals surface area contributed by atoms with Gasteiger partial charge >= 0.3 is 0 Å². The number of benzene rings is 2. The summed E-state index contributed by atoms with van der Waals surface area (Å²) >= 11 is 13.1. The summed E-state index contributed by atoms with van der Waals surface area (Å²) in [7, 11) is -3.67. The average molecular weight is 515 g/mol. The van der Waals surface area contributed by atoms with Crippen LogP contribution in [0.15, 0.2) is 58.9 Å². The number of sulfonamides is 1. The van der Waals surface area contributed by atoms with E-state index in [1.165, 1.54) is 11.3 Å². The number of piperidine rings is 1. The van der Waals surface area contributed by atoms with Gasteiger partial charge in [-0.1, -0.05) is 23.2 Å². The average Bonchev–Trinajstić information content (AvgIpc) is 3.28. The van der Waals surface area contributed by atoms with Gasteiger partial charge in [-0.3, -0.25) is 9.52 Å². The van der Waals surface area contributed by atoms with Crippen molar-refractivity contribution in [3.05, 3.63) is 69.7 Å². The molecule has 4 rings (SSSR count). The standard InChI is InChI=1S/C21H20Cl2N4O3S2.2H2/c22-18-6-1-14(13-19(18)23)20(28)25-15-7-10-27(11-8-15)16-2-4-17(5-3-16)32(29,30)26-21-24-9-12-31-21;;/h1-6,9,12-13,15H,7-8,10-11H2,(H,24,26)(H,25,28);2*1H. The molecule has 3 aromatic rings. The molecule has 0 spiro atoms. The van der Waals surface area contributed by atoms with E-state index >= 15 is 0 Å². The highest BCUT2D eigenvalue weighted by atomic mass is 35.5. The second-order valence-corrected chi connectivity index (χ2v) is 10.7. The monoisotopic (exact) mass is 514 g/mol. The van der Waals surface area contributed by atoms with Crippen LogP contribution in [0.5, 0.6) is 0 Å². The predicted molar refractivity (Wildman–Crippen MR) is 133 cm³/mol. The van der Waals surface area contributed by atoms with E-state index in [1.807, 2.05) is 0 Å². The summed E-state index contributed by atoms with van der Waals surface area (Å²) < 4.78 is 27.4. The molecule has 1 fully saturated rings. The lowest BCUT2D eigenvalue weighted by Crippen LogP contribution is -2.44. The number of halogens is 2. The summed E-state index contributed by atoms with van der Waals surface area (Å²) in [6, 6.07) is 11.6. The molecule has 1 aliphatic heterocycles. The summed E-state index contributed by atoms with van der Waals surface area (Å²) in [5, 5.41) is 5.84. The van der Waals surface area contributed by atoms with Gasteiger partial charge in [-0.05, 0) is 55.3 Å². The summed E-state index contributed by atoms with van der Waals surface area (Å²) in [5.41, 5.74) is 1.41. The van der Waals surface area contributed by atoms with E-state index in [9.17, 15) is 13.2 Å². The van der Waals surface area contributed by atoms with Crippen LogP contribution in [0.25, 0.3) is 0 Å². The molecule has 11 heteroatoms. The Morgan fingerprint density at radius 3 is 2.44 bits per heavy atom. The quantitative estimate of drug-likeness (QED) is 0.474. The molecule has 0 radical (unpaired) electrons. The van der Waals surface area contributed by atoms with Crippen molar-refractivity contribution in [2.45, 2.75) is 23.8 Å². The molecule has 32 heavy (non-hydrogen) atoms. The summed E-state index contributed by atoms with van der Waals surface area (Å²) in [5.74, 6) is -0.177. The molecule has 2 heterocycles. The van der Waals surface area contributed by atoms with Gasteiger partial charge in [0.25, 0.3) is 15.9 Å². The zero-order valence-electron chi connectivity index (χ0n) is 16.8. The minimum atomic E-state index is -3.67. The number of rotatable bonds is 6. The normalized spacial score (nSPS) is 14.9. The van der Waals surface area contributed by atoms with Gasteiger partial charge in [-0.2, -0.15) is 0 Å². The third-order valence-corrected chi connectivity index (χ3v) is 8.09. The first-order valence-corrected chi connectivity index (χ1v) is 13.0. The second kappa shape index (κ2) is 9.66. The Kier molecular flexibility index (Phi) is 6.90. The Labute approximate surface area is 203 Å². The second-order valence-electron chi connectivity index (χ2n) is 7.30. The van der Waals surface area contributed by atoms with Gasteiger partial charge in [0, 0.05) is 44.8 Å². The number of carbonyl (C=O) groups is 1. The molecule has 1 amide bonds. The Hall–Kier alpha value is -2.33. The van der Waals surface area contributed by atoms with Crippen molar-refractivity contribution in [3.63, 3.8) is 0 Å². The molecule has 0 unspecified atom stereocenters. The molecule has 0 bridgehead atoms. The van der Waals surface area contributed by atoms with E-state index in [1.54, 1.807) is 54.0 Å². The van der Waals surface area contributed by atoms with Gasteiger partial charge in [-0.25, -0.2) is 13.4 Å². The molecule has 2 aromatic carbocycles. The molecule has 1 saturated heterocycles. The maximum Gasteiger partial charge on any atom is 0.263 e. The van der Waals surface area contributed by atoms with E-state index in [2.05, 4.69) is 19.9 Å². The van der Waals surface area contributed by atoms with Crippen LogP contribution in [0.1, 0.15) is 26.1 Å². The smallest absolute Gasteiger partial charge is 0.263 e. The minimum absolute atomic E-state index is 0. The van der Waals surface area contributed by atoms with Crippen LogP contribution in [0, 0.1) is 0 Å². The van der Waals surface area contributed by atoms with Crippen LogP contribution in [-0.2, 0) is 10.0 Å². The molecule has 1 aliphatic rings. The fraction of sp³-hybridized carbons (Fsp3) is 0.238. The Morgan fingerprint density at radius 1 is 1.09 bits per heavy atom. The Morgan fingerprint density at radius 2 is 1.81 bits per heavy atom. The van der Waals surface area contributed by atoms with Crippen LogP contribution in [0.4, 0.5) is 10.8 Å². The molecule has 0 atom stereocenters. The van der Waals surface area contributed by atoms with Crippen molar-refractivity contribution < 1.29 is 16.1 Å². The van der Waals surface area contributed by atoms with Crippen molar-refractivity contribution in [2.24, 2.45) is 0 Å². The Bertz CT molecular complexity index is 1210. The summed E-state index contributed by atoms with van der Waals surface area (Å²) in [6.45, 7) is 1.49. The molecule has 0 saturated carbocycles. The number of amides is 1. The van der Waals surface area contributed by atoms with E-state index < -0.39 is 10.0 Å². The maximum atomic E-state index is 12.5. The van der Waals surface area contributed by atoms with Gasteiger partial charge in [-0.15, -0.1) is 11.3 Å². The molecular formula is C21H24Cl2N4O3S2. The van der Waals surface area contributed by atoms with Crippen LogP contribution in [-0.4, -0.2) is 38.4 Å². The first-order valence-electron chi connectivity index (χ1n) is 9.85. The van der Waals surface area contributed by atoms with E-state index in [0.29, 0.717) is 20.7 Å². The molecular weight excluding hydrogens is 491 g/mol. The molecule has 0 aliphatic carbocycles. The Balaban J connectivity index is 0.00000204. The molecule has 172 valence electrons. The zero-order chi connectivity index (χ0) is 22.7. The lowest BCUT2D eigenvalue weighted by molar-refractivity contribution is 0.0931. The number of hydrogen-bond donors (Lipinski definition) is 2. The molecule has 1 aromatic heterocycles. The SMILES string of the molecule is O=C(NC1CCN(c2ccc(S(=O)(=O)Nc3nccs3)cc2)CC1)c1ccc(Cl)c(Cl)c1.[HH].[HH]. The van der Waals surface area contributed by atoms with E-state index in [0.717, 1.165) is 31.6 Å². The topological polar surface area (TPSA) is 91.4 Å². The lowest BCUT2D eigenvalue weighted by atomic mass is 10.0. The summed E-state index contributed by atoms with van der Waals surface area (Å²) in [4.78, 5) is 18.8. The number of nitrogens with zero attached hydrogens (tertiary/aromatic N) is 2. The predicted octanol–water partition coefficient (Wildman–Crippen LogP) is 5.14. The van der Waals surface area contributed by atoms with Crippen molar-refractivity contribution in [3.8, 4) is 0 Å².